The van der Waals surface area contributed by atoms with Gasteiger partial charge in [-0.25, -0.2) is 9.59 Å². The van der Waals surface area contributed by atoms with Crippen molar-refractivity contribution in [3.63, 3.8) is 0 Å². The molecule has 2 aromatic carbocycles. The Bertz CT molecular complexity index is 1140. The lowest BCUT2D eigenvalue weighted by Gasteiger charge is -2.11. The molecule has 0 unspecified atom stereocenters. The molecule has 3 rings (SSSR count). The fourth-order valence-electron chi connectivity index (χ4n) is 3.18. The van der Waals surface area contributed by atoms with Crippen LogP contribution in [0.15, 0.2) is 42.5 Å². The van der Waals surface area contributed by atoms with E-state index < -0.39 is 11.9 Å². The number of anilines is 1. The molecule has 0 saturated heterocycles. The first kappa shape index (κ1) is 22.5. The number of benzene rings is 2. The summed E-state index contributed by atoms with van der Waals surface area (Å²) >= 11 is 1.01. The number of ether oxygens (including phenoxy) is 2. The first-order valence-electron chi connectivity index (χ1n) is 10.0. The Hall–Kier alpha value is -3.19. The van der Waals surface area contributed by atoms with E-state index in [4.69, 9.17) is 9.47 Å². The summed E-state index contributed by atoms with van der Waals surface area (Å²) in [6, 6.07) is 13.0. The smallest absolute Gasteiger partial charge is 0.348 e. The SMILES string of the molecule is Cc1c(C(=O)OC(C)C)sc(NC(=O)c2cccc3ccccc23)c1C(=O)OC(C)C. The molecular weight excluding hydrogens is 414 g/mol. The van der Waals surface area contributed by atoms with E-state index in [1.807, 2.05) is 30.3 Å². The summed E-state index contributed by atoms with van der Waals surface area (Å²) < 4.78 is 10.7. The summed E-state index contributed by atoms with van der Waals surface area (Å²) in [5.41, 5.74) is 1.07. The van der Waals surface area contributed by atoms with Crippen LogP contribution in [0.1, 0.15) is 63.6 Å². The molecule has 6 nitrogen and oxygen atoms in total. The van der Waals surface area contributed by atoms with Crippen LogP contribution >= 0.6 is 11.3 Å². The average molecular weight is 440 g/mol. The Morgan fingerprint density at radius 1 is 0.871 bits per heavy atom. The van der Waals surface area contributed by atoms with Crippen molar-refractivity contribution < 1.29 is 23.9 Å². The first-order chi connectivity index (χ1) is 14.7. The van der Waals surface area contributed by atoms with Crippen molar-refractivity contribution >= 4 is 45.0 Å². The van der Waals surface area contributed by atoms with Crippen molar-refractivity contribution in [3.05, 3.63) is 64.0 Å². The average Bonchev–Trinajstić information content (AvgIpc) is 3.02. The molecule has 3 aromatic rings. The quantitative estimate of drug-likeness (QED) is 0.506. The fraction of sp³-hybridized carbons (Fsp3) is 0.292. The van der Waals surface area contributed by atoms with Gasteiger partial charge in [0.15, 0.2) is 0 Å². The molecule has 1 heterocycles. The molecule has 31 heavy (non-hydrogen) atoms. The number of hydrogen-bond donors (Lipinski definition) is 1. The van der Waals surface area contributed by atoms with E-state index in [0.717, 1.165) is 22.1 Å². The van der Waals surface area contributed by atoms with Crippen molar-refractivity contribution in [2.24, 2.45) is 0 Å². The molecule has 1 amide bonds. The van der Waals surface area contributed by atoms with Gasteiger partial charge in [-0.3, -0.25) is 4.79 Å². The van der Waals surface area contributed by atoms with E-state index in [-0.39, 0.29) is 33.6 Å². The second-order valence-electron chi connectivity index (χ2n) is 7.65. The Labute approximate surface area is 185 Å². The Balaban J connectivity index is 2.03. The number of carbonyl (C=O) groups is 3. The third kappa shape index (κ3) is 4.94. The van der Waals surface area contributed by atoms with Gasteiger partial charge in [-0.1, -0.05) is 36.4 Å². The van der Waals surface area contributed by atoms with Crippen molar-refractivity contribution in [1.29, 1.82) is 0 Å². The first-order valence-corrected chi connectivity index (χ1v) is 10.8. The van der Waals surface area contributed by atoms with Crippen LogP contribution in [0.25, 0.3) is 10.8 Å². The third-order valence-corrected chi connectivity index (χ3v) is 5.67. The van der Waals surface area contributed by atoms with Crippen LogP contribution in [0.5, 0.6) is 0 Å². The van der Waals surface area contributed by atoms with Crippen LogP contribution < -0.4 is 5.32 Å². The monoisotopic (exact) mass is 439 g/mol. The number of hydrogen-bond acceptors (Lipinski definition) is 6. The highest BCUT2D eigenvalue weighted by molar-refractivity contribution is 7.18. The van der Waals surface area contributed by atoms with E-state index in [2.05, 4.69) is 5.32 Å². The van der Waals surface area contributed by atoms with E-state index in [1.165, 1.54) is 0 Å². The number of thiophene rings is 1. The lowest BCUT2D eigenvalue weighted by Crippen LogP contribution is -2.17. The minimum absolute atomic E-state index is 0.169. The summed E-state index contributed by atoms with van der Waals surface area (Å²) in [7, 11) is 0. The van der Waals surface area contributed by atoms with E-state index >= 15 is 0 Å². The van der Waals surface area contributed by atoms with Crippen molar-refractivity contribution in [2.45, 2.75) is 46.8 Å². The Morgan fingerprint density at radius 3 is 2.16 bits per heavy atom. The van der Waals surface area contributed by atoms with Crippen LogP contribution in [-0.4, -0.2) is 30.1 Å². The summed E-state index contributed by atoms with van der Waals surface area (Å²) in [4.78, 5) is 38.7. The van der Waals surface area contributed by atoms with Gasteiger partial charge in [-0.05, 0) is 57.0 Å². The van der Waals surface area contributed by atoms with Crippen LogP contribution in [-0.2, 0) is 9.47 Å². The highest BCUT2D eigenvalue weighted by Crippen LogP contribution is 2.35. The normalized spacial score (nSPS) is 11.1. The molecule has 0 fully saturated rings. The van der Waals surface area contributed by atoms with Crippen LogP contribution in [0.3, 0.4) is 0 Å². The third-order valence-electron chi connectivity index (χ3n) is 4.48. The second kappa shape index (κ2) is 9.31. The van der Waals surface area contributed by atoms with Gasteiger partial charge in [0.05, 0.1) is 17.8 Å². The predicted octanol–water partition coefficient (Wildman–Crippen LogP) is 5.59. The Kier molecular flexibility index (Phi) is 6.75. The molecule has 1 N–H and O–H groups in total. The highest BCUT2D eigenvalue weighted by Gasteiger charge is 2.28. The van der Waals surface area contributed by atoms with E-state index in [1.54, 1.807) is 46.8 Å². The number of carbonyl (C=O) groups excluding carboxylic acids is 3. The van der Waals surface area contributed by atoms with Gasteiger partial charge in [0.2, 0.25) is 0 Å². The molecule has 0 aliphatic carbocycles. The predicted molar refractivity (Wildman–Crippen MR) is 122 cm³/mol. The summed E-state index contributed by atoms with van der Waals surface area (Å²) in [6.07, 6.45) is -0.659. The van der Waals surface area contributed by atoms with Crippen LogP contribution in [0.4, 0.5) is 5.00 Å². The van der Waals surface area contributed by atoms with E-state index in [9.17, 15) is 14.4 Å². The summed E-state index contributed by atoms with van der Waals surface area (Å²) in [5, 5.41) is 4.80. The van der Waals surface area contributed by atoms with Gasteiger partial charge < -0.3 is 14.8 Å². The minimum atomic E-state index is -0.597. The number of fused-ring (bicyclic) bond motifs is 1. The molecule has 0 aliphatic heterocycles. The largest absolute Gasteiger partial charge is 0.459 e. The van der Waals surface area contributed by atoms with Gasteiger partial charge in [0.25, 0.3) is 5.91 Å². The van der Waals surface area contributed by atoms with Crippen molar-refractivity contribution in [3.8, 4) is 0 Å². The summed E-state index contributed by atoms with van der Waals surface area (Å²) in [5.74, 6) is -1.51. The van der Waals surface area contributed by atoms with Gasteiger partial charge in [0.1, 0.15) is 9.88 Å². The topological polar surface area (TPSA) is 81.7 Å². The number of esters is 2. The molecular formula is C24H25NO5S. The van der Waals surface area contributed by atoms with Gasteiger partial charge in [-0.2, -0.15) is 0 Å². The van der Waals surface area contributed by atoms with Crippen LogP contribution in [0, 0.1) is 6.92 Å². The number of rotatable bonds is 6. The second-order valence-corrected chi connectivity index (χ2v) is 8.67. The lowest BCUT2D eigenvalue weighted by atomic mass is 10.0. The van der Waals surface area contributed by atoms with Gasteiger partial charge in [0, 0.05) is 5.56 Å². The molecule has 0 aliphatic rings. The number of amides is 1. The number of nitrogens with one attached hydrogen (secondary N) is 1. The minimum Gasteiger partial charge on any atom is -0.459 e. The molecule has 0 spiro atoms. The highest BCUT2D eigenvalue weighted by atomic mass is 32.1. The molecule has 1 aromatic heterocycles. The maximum absolute atomic E-state index is 13.1. The summed E-state index contributed by atoms with van der Waals surface area (Å²) in [6.45, 7) is 8.62. The van der Waals surface area contributed by atoms with Gasteiger partial charge in [-0.15, -0.1) is 11.3 Å². The molecule has 162 valence electrons. The zero-order valence-electron chi connectivity index (χ0n) is 18.1. The lowest BCUT2D eigenvalue weighted by molar-refractivity contribution is 0.0378. The molecule has 7 heteroatoms. The maximum Gasteiger partial charge on any atom is 0.348 e. The Morgan fingerprint density at radius 2 is 1.48 bits per heavy atom. The van der Waals surface area contributed by atoms with Crippen molar-refractivity contribution in [2.75, 3.05) is 5.32 Å². The van der Waals surface area contributed by atoms with Crippen molar-refractivity contribution in [1.82, 2.24) is 0 Å². The van der Waals surface area contributed by atoms with Gasteiger partial charge >= 0.3 is 11.9 Å². The molecule has 0 saturated carbocycles. The maximum atomic E-state index is 13.1. The van der Waals surface area contributed by atoms with E-state index in [0.29, 0.717) is 11.1 Å². The fourth-order valence-corrected chi connectivity index (χ4v) is 4.25. The molecule has 0 bridgehead atoms. The molecule has 0 atom stereocenters. The molecule has 0 radical (unpaired) electrons. The zero-order chi connectivity index (χ0) is 22.7. The standard InChI is InChI=1S/C24H25NO5S/c1-13(2)29-23(27)19-15(5)20(24(28)30-14(3)4)31-22(19)25-21(26)18-12-8-10-16-9-6-7-11-17(16)18/h6-14H,1-5H3,(H,25,26). The van der Waals surface area contributed by atoms with Crippen LogP contribution in [0.2, 0.25) is 0 Å². The zero-order valence-corrected chi connectivity index (χ0v) is 19.0.